The highest BCUT2D eigenvalue weighted by atomic mass is 19.1. The van der Waals surface area contributed by atoms with Gasteiger partial charge in [0, 0.05) is 12.6 Å². The highest BCUT2D eigenvalue weighted by Gasteiger charge is 2.29. The number of nitro benzene ring substituents is 1. The van der Waals surface area contributed by atoms with Crippen molar-refractivity contribution in [2.24, 2.45) is 0 Å². The molecule has 1 rings (SSSR count). The maximum atomic E-state index is 13.5. The summed E-state index contributed by atoms with van der Waals surface area (Å²) in [5, 5.41) is 10.9. The number of anilines is 1. The normalized spacial score (nSPS) is 11.4. The van der Waals surface area contributed by atoms with E-state index in [4.69, 9.17) is 0 Å². The molecular formula is C12H17FN2O2. The zero-order chi connectivity index (χ0) is 13.2. The van der Waals surface area contributed by atoms with Gasteiger partial charge in [0.1, 0.15) is 5.69 Å². The molecule has 0 aliphatic rings. The molecule has 5 heteroatoms. The van der Waals surface area contributed by atoms with Gasteiger partial charge in [0.15, 0.2) is 0 Å². The third kappa shape index (κ3) is 2.54. The average Bonchev–Trinajstić information content (AvgIpc) is 2.27. The second kappa shape index (κ2) is 4.69. The van der Waals surface area contributed by atoms with Gasteiger partial charge in [-0.25, -0.2) is 0 Å². The molecule has 94 valence electrons. The molecule has 0 aliphatic carbocycles. The van der Waals surface area contributed by atoms with Gasteiger partial charge in [0.25, 0.3) is 0 Å². The van der Waals surface area contributed by atoms with Crippen LogP contribution in [0.5, 0.6) is 0 Å². The lowest BCUT2D eigenvalue weighted by Crippen LogP contribution is -2.40. The van der Waals surface area contributed by atoms with Crippen molar-refractivity contribution in [3.8, 4) is 0 Å². The summed E-state index contributed by atoms with van der Waals surface area (Å²) in [6.45, 7) is 5.91. The van der Waals surface area contributed by atoms with Gasteiger partial charge in [0.2, 0.25) is 5.82 Å². The Balaban J connectivity index is 3.32. The van der Waals surface area contributed by atoms with Crippen LogP contribution in [-0.4, -0.2) is 17.5 Å². The zero-order valence-electron chi connectivity index (χ0n) is 10.5. The van der Waals surface area contributed by atoms with Gasteiger partial charge in [-0.05, 0) is 32.4 Å². The van der Waals surface area contributed by atoms with Gasteiger partial charge in [0.05, 0.1) is 4.92 Å². The van der Waals surface area contributed by atoms with Crippen molar-refractivity contribution in [3.05, 3.63) is 34.1 Å². The van der Waals surface area contributed by atoms with Crippen LogP contribution in [-0.2, 0) is 0 Å². The highest BCUT2D eigenvalue weighted by Crippen LogP contribution is 2.34. The van der Waals surface area contributed by atoms with E-state index in [-0.39, 0.29) is 5.54 Å². The molecular weight excluding hydrogens is 223 g/mol. The zero-order valence-corrected chi connectivity index (χ0v) is 10.5. The van der Waals surface area contributed by atoms with Crippen molar-refractivity contribution >= 4 is 11.4 Å². The smallest absolute Gasteiger partial charge is 0.327 e. The Bertz CT molecular complexity index is 433. The van der Waals surface area contributed by atoms with Crippen LogP contribution < -0.4 is 4.90 Å². The number of hydrogen-bond donors (Lipinski definition) is 0. The molecule has 17 heavy (non-hydrogen) atoms. The minimum atomic E-state index is -0.800. The molecule has 0 atom stereocenters. The molecule has 0 fully saturated rings. The topological polar surface area (TPSA) is 46.4 Å². The second-order valence-electron chi connectivity index (χ2n) is 4.59. The fourth-order valence-corrected chi connectivity index (χ4v) is 1.52. The summed E-state index contributed by atoms with van der Waals surface area (Å²) in [5.74, 6) is -0.800. The summed E-state index contributed by atoms with van der Waals surface area (Å²) in [4.78, 5) is 12.0. The van der Waals surface area contributed by atoms with Crippen molar-refractivity contribution < 1.29 is 9.31 Å². The first-order chi connectivity index (χ1) is 7.81. The van der Waals surface area contributed by atoms with Gasteiger partial charge >= 0.3 is 5.69 Å². The van der Waals surface area contributed by atoms with Crippen LogP contribution in [0.4, 0.5) is 15.8 Å². The highest BCUT2D eigenvalue weighted by molar-refractivity contribution is 5.64. The predicted octanol–water partition coefficient (Wildman–Crippen LogP) is 3.36. The van der Waals surface area contributed by atoms with Crippen LogP contribution in [0.15, 0.2) is 18.2 Å². The van der Waals surface area contributed by atoms with E-state index in [0.717, 1.165) is 12.5 Å². The molecule has 0 heterocycles. The van der Waals surface area contributed by atoms with Gasteiger partial charge in [-0.2, -0.15) is 4.39 Å². The minimum absolute atomic E-state index is 0.265. The quantitative estimate of drug-likeness (QED) is 0.598. The first-order valence-electron chi connectivity index (χ1n) is 5.48. The molecule has 4 nitrogen and oxygen atoms in total. The Hall–Kier alpha value is -1.65. The van der Waals surface area contributed by atoms with E-state index in [9.17, 15) is 14.5 Å². The molecule has 0 spiro atoms. The summed E-state index contributed by atoms with van der Waals surface area (Å²) in [6.07, 6.45) is 0.803. The molecule has 0 saturated carbocycles. The summed E-state index contributed by atoms with van der Waals surface area (Å²) in [6, 6.07) is 4.16. The van der Waals surface area contributed by atoms with Crippen LogP contribution in [0, 0.1) is 15.9 Å². The van der Waals surface area contributed by atoms with Crippen molar-refractivity contribution in [1.82, 2.24) is 0 Å². The molecule has 1 aromatic rings. The first-order valence-corrected chi connectivity index (χ1v) is 5.48. The van der Waals surface area contributed by atoms with Crippen LogP contribution in [0.3, 0.4) is 0 Å². The second-order valence-corrected chi connectivity index (χ2v) is 4.59. The van der Waals surface area contributed by atoms with Crippen LogP contribution in [0.2, 0.25) is 0 Å². The summed E-state index contributed by atoms with van der Waals surface area (Å²) < 4.78 is 13.5. The van der Waals surface area contributed by atoms with E-state index in [1.165, 1.54) is 6.07 Å². The van der Waals surface area contributed by atoms with E-state index in [2.05, 4.69) is 0 Å². The number of para-hydroxylation sites is 1. The Labute approximate surface area is 100 Å². The number of rotatable bonds is 4. The van der Waals surface area contributed by atoms with Crippen molar-refractivity contribution in [3.63, 3.8) is 0 Å². The number of benzene rings is 1. The lowest BCUT2D eigenvalue weighted by molar-refractivity contribution is -0.386. The van der Waals surface area contributed by atoms with Crippen molar-refractivity contribution in [2.45, 2.75) is 32.7 Å². The van der Waals surface area contributed by atoms with E-state index in [1.54, 1.807) is 18.0 Å². The fraction of sp³-hybridized carbons (Fsp3) is 0.500. The SMILES string of the molecule is CCC(C)(C)N(C)c1cccc(F)c1[N+](=O)[O-]. The van der Waals surface area contributed by atoms with Gasteiger partial charge in [-0.3, -0.25) is 10.1 Å². The summed E-state index contributed by atoms with van der Waals surface area (Å²) >= 11 is 0. The van der Waals surface area contributed by atoms with Crippen molar-refractivity contribution in [1.29, 1.82) is 0 Å². The van der Waals surface area contributed by atoms with E-state index in [0.29, 0.717) is 5.69 Å². The number of hydrogen-bond acceptors (Lipinski definition) is 3. The molecule has 0 radical (unpaired) electrons. The number of nitrogens with zero attached hydrogens (tertiary/aromatic N) is 2. The maximum absolute atomic E-state index is 13.5. The number of nitro groups is 1. The third-order valence-electron chi connectivity index (χ3n) is 3.28. The van der Waals surface area contributed by atoms with Gasteiger partial charge < -0.3 is 4.90 Å². The Morgan fingerprint density at radius 1 is 1.47 bits per heavy atom. The van der Waals surface area contributed by atoms with Crippen LogP contribution >= 0.6 is 0 Å². The molecule has 0 bridgehead atoms. The predicted molar refractivity (Wildman–Crippen MR) is 65.8 cm³/mol. The average molecular weight is 240 g/mol. The lowest BCUT2D eigenvalue weighted by Gasteiger charge is -2.36. The molecule has 0 unspecified atom stereocenters. The minimum Gasteiger partial charge on any atom is -0.364 e. The Morgan fingerprint density at radius 2 is 2.06 bits per heavy atom. The van der Waals surface area contributed by atoms with E-state index in [1.807, 2.05) is 20.8 Å². The number of halogens is 1. The molecule has 1 aromatic carbocycles. The molecule has 0 N–H and O–H groups in total. The van der Waals surface area contributed by atoms with Crippen LogP contribution in [0.25, 0.3) is 0 Å². The van der Waals surface area contributed by atoms with Crippen molar-refractivity contribution in [2.75, 3.05) is 11.9 Å². The van der Waals surface area contributed by atoms with E-state index >= 15 is 0 Å². The monoisotopic (exact) mass is 240 g/mol. The maximum Gasteiger partial charge on any atom is 0.327 e. The van der Waals surface area contributed by atoms with Crippen LogP contribution in [0.1, 0.15) is 27.2 Å². The Kier molecular flexibility index (Phi) is 3.70. The largest absolute Gasteiger partial charge is 0.364 e. The third-order valence-corrected chi connectivity index (χ3v) is 3.28. The van der Waals surface area contributed by atoms with E-state index < -0.39 is 16.4 Å². The molecule has 0 aliphatic heterocycles. The first kappa shape index (κ1) is 13.4. The summed E-state index contributed by atoms with van der Waals surface area (Å²) in [5.41, 5.74) is -0.420. The molecule has 0 amide bonds. The fourth-order valence-electron chi connectivity index (χ4n) is 1.52. The van der Waals surface area contributed by atoms with Gasteiger partial charge in [-0.15, -0.1) is 0 Å². The van der Waals surface area contributed by atoms with Gasteiger partial charge in [-0.1, -0.05) is 13.0 Å². The molecule has 0 aromatic heterocycles. The standard InChI is InChI=1S/C12H17FN2O2/c1-5-12(2,3)14(4)10-8-6-7-9(13)11(10)15(16)17/h6-8H,5H2,1-4H3. The molecule has 0 saturated heterocycles. The lowest BCUT2D eigenvalue weighted by atomic mass is 9.99. The Morgan fingerprint density at radius 3 is 2.53 bits per heavy atom. The summed E-state index contributed by atoms with van der Waals surface area (Å²) in [7, 11) is 1.74.